The van der Waals surface area contributed by atoms with Crippen LogP contribution in [0.1, 0.15) is 16.7 Å². The number of benzene rings is 4. The highest BCUT2D eigenvalue weighted by molar-refractivity contribution is 6.42. The lowest BCUT2D eigenvalue weighted by molar-refractivity contribution is -0.137. The predicted molar refractivity (Wildman–Crippen MR) is 145 cm³/mol. The van der Waals surface area contributed by atoms with E-state index in [9.17, 15) is 27.6 Å². The molecule has 1 aliphatic heterocycles. The minimum Gasteiger partial charge on any atom is -0.488 e. The zero-order chi connectivity index (χ0) is 28.6. The fourth-order valence-corrected chi connectivity index (χ4v) is 4.59. The molecule has 0 aromatic heterocycles. The highest BCUT2D eigenvalue weighted by Crippen LogP contribution is 2.37. The molecule has 1 heterocycles. The molecule has 0 unspecified atom stereocenters. The first-order valence-corrected chi connectivity index (χ1v) is 12.5. The van der Waals surface area contributed by atoms with Crippen LogP contribution in [0.4, 0.5) is 23.7 Å². The second-order valence-corrected chi connectivity index (χ2v) is 9.51. The highest BCUT2D eigenvalue weighted by Gasteiger charge is 2.39. The van der Waals surface area contributed by atoms with E-state index in [2.05, 4.69) is 0 Å². The second kappa shape index (κ2) is 10.7. The summed E-state index contributed by atoms with van der Waals surface area (Å²) in [6.45, 7) is 0.0682. The van der Waals surface area contributed by atoms with Gasteiger partial charge in [0, 0.05) is 16.1 Å². The van der Waals surface area contributed by atoms with Gasteiger partial charge in [0.1, 0.15) is 17.9 Å². The van der Waals surface area contributed by atoms with Gasteiger partial charge < -0.3 is 4.74 Å². The molecule has 202 valence electrons. The molecule has 1 saturated heterocycles. The standard InChI is InChI=1S/C29H17Cl2F3N2O4/c30-22-8-4-2-6-17(22)15-40-25-12-9-16-5-1-3-7-19(16)20(25)14-21-26(37)35-28(39)36(27(21)38)24-13-18(29(32,33)34)10-11-23(24)31/h1-14H,15H2,(H,35,37,39)/b21-14+. The second-order valence-electron chi connectivity index (χ2n) is 8.70. The Morgan fingerprint density at radius 2 is 1.60 bits per heavy atom. The van der Waals surface area contributed by atoms with Gasteiger partial charge in [-0.15, -0.1) is 0 Å². The van der Waals surface area contributed by atoms with Crippen LogP contribution in [0.5, 0.6) is 5.75 Å². The number of carbonyl (C=O) groups excluding carboxylic acids is 3. The fraction of sp³-hybridized carbons (Fsp3) is 0.0690. The summed E-state index contributed by atoms with van der Waals surface area (Å²) in [4.78, 5) is 39.4. The third-order valence-corrected chi connectivity index (χ3v) is 6.86. The minimum absolute atomic E-state index is 0.0682. The van der Waals surface area contributed by atoms with Crippen molar-refractivity contribution >= 4 is 63.6 Å². The number of halogens is 5. The maximum absolute atomic E-state index is 13.5. The number of hydrogen-bond donors (Lipinski definition) is 1. The number of barbiturate groups is 1. The molecule has 0 saturated carbocycles. The summed E-state index contributed by atoms with van der Waals surface area (Å²) < 4.78 is 46.1. The Bertz CT molecular complexity index is 1720. The third kappa shape index (κ3) is 5.25. The molecule has 1 aliphatic rings. The van der Waals surface area contributed by atoms with Crippen LogP contribution >= 0.6 is 23.2 Å². The Morgan fingerprint density at radius 1 is 0.875 bits per heavy atom. The third-order valence-electron chi connectivity index (χ3n) is 6.18. The molecule has 4 aromatic carbocycles. The topological polar surface area (TPSA) is 75.7 Å². The number of anilines is 1. The van der Waals surface area contributed by atoms with Crippen LogP contribution in [0.3, 0.4) is 0 Å². The van der Waals surface area contributed by atoms with Crippen LogP contribution in [0.2, 0.25) is 10.0 Å². The van der Waals surface area contributed by atoms with Gasteiger partial charge in [0.2, 0.25) is 0 Å². The first kappa shape index (κ1) is 27.2. The number of alkyl halides is 3. The average molecular weight is 585 g/mol. The molecule has 0 bridgehead atoms. The number of fused-ring (bicyclic) bond motifs is 1. The summed E-state index contributed by atoms with van der Waals surface area (Å²) in [7, 11) is 0. The van der Waals surface area contributed by atoms with Gasteiger partial charge in [0.05, 0.1) is 16.3 Å². The zero-order valence-electron chi connectivity index (χ0n) is 20.3. The molecular weight excluding hydrogens is 568 g/mol. The lowest BCUT2D eigenvalue weighted by Gasteiger charge is -2.27. The summed E-state index contributed by atoms with van der Waals surface area (Å²) in [5.74, 6) is -1.88. The number of hydrogen-bond acceptors (Lipinski definition) is 4. The summed E-state index contributed by atoms with van der Waals surface area (Å²) in [6, 6.07) is 18.6. The zero-order valence-corrected chi connectivity index (χ0v) is 21.8. The van der Waals surface area contributed by atoms with E-state index in [0.29, 0.717) is 38.3 Å². The van der Waals surface area contributed by atoms with Gasteiger partial charge >= 0.3 is 12.2 Å². The Kier molecular flexibility index (Phi) is 7.27. The van der Waals surface area contributed by atoms with Crippen molar-refractivity contribution in [1.29, 1.82) is 0 Å². The van der Waals surface area contributed by atoms with Crippen molar-refractivity contribution < 1.29 is 32.3 Å². The van der Waals surface area contributed by atoms with Gasteiger partial charge in [-0.25, -0.2) is 9.69 Å². The van der Waals surface area contributed by atoms with Crippen molar-refractivity contribution in [1.82, 2.24) is 5.32 Å². The predicted octanol–water partition coefficient (Wildman–Crippen LogP) is 7.41. The normalized spacial score (nSPS) is 15.1. The maximum Gasteiger partial charge on any atom is 0.416 e. The van der Waals surface area contributed by atoms with E-state index >= 15 is 0 Å². The molecule has 0 atom stereocenters. The van der Waals surface area contributed by atoms with Crippen LogP contribution in [-0.4, -0.2) is 17.8 Å². The molecule has 6 nitrogen and oxygen atoms in total. The lowest BCUT2D eigenvalue weighted by atomic mass is 9.99. The van der Waals surface area contributed by atoms with Gasteiger partial charge in [-0.3, -0.25) is 14.9 Å². The first-order chi connectivity index (χ1) is 19.0. The smallest absolute Gasteiger partial charge is 0.416 e. The van der Waals surface area contributed by atoms with E-state index in [-0.39, 0.29) is 11.6 Å². The summed E-state index contributed by atoms with van der Waals surface area (Å²) in [6.07, 6.45) is -3.52. The van der Waals surface area contributed by atoms with E-state index in [0.717, 1.165) is 17.5 Å². The van der Waals surface area contributed by atoms with Crippen molar-refractivity contribution in [2.75, 3.05) is 4.90 Å². The van der Waals surface area contributed by atoms with Gasteiger partial charge in [-0.1, -0.05) is 71.7 Å². The van der Waals surface area contributed by atoms with Crippen LogP contribution in [-0.2, 0) is 22.4 Å². The lowest BCUT2D eigenvalue weighted by Crippen LogP contribution is -2.54. The van der Waals surface area contributed by atoms with Gasteiger partial charge in [0.25, 0.3) is 11.8 Å². The molecule has 0 spiro atoms. The first-order valence-electron chi connectivity index (χ1n) is 11.7. The van der Waals surface area contributed by atoms with E-state index in [4.69, 9.17) is 27.9 Å². The molecule has 0 radical (unpaired) electrons. The summed E-state index contributed by atoms with van der Waals surface area (Å²) in [5.41, 5.74) is -1.12. The molecule has 40 heavy (non-hydrogen) atoms. The number of rotatable bonds is 5. The van der Waals surface area contributed by atoms with Crippen LogP contribution in [0.25, 0.3) is 16.8 Å². The monoisotopic (exact) mass is 584 g/mol. The van der Waals surface area contributed by atoms with Gasteiger partial charge in [-0.05, 0) is 47.2 Å². The quantitative estimate of drug-likeness (QED) is 0.196. The van der Waals surface area contributed by atoms with Crippen molar-refractivity contribution in [2.24, 2.45) is 0 Å². The molecule has 11 heteroatoms. The number of nitrogens with zero attached hydrogens (tertiary/aromatic N) is 1. The Morgan fingerprint density at radius 3 is 2.35 bits per heavy atom. The Balaban J connectivity index is 1.61. The summed E-state index contributed by atoms with van der Waals surface area (Å²) >= 11 is 12.3. The number of urea groups is 1. The van der Waals surface area contributed by atoms with Crippen LogP contribution in [0, 0.1) is 0 Å². The average Bonchev–Trinajstić information content (AvgIpc) is 2.91. The SMILES string of the molecule is O=C1NC(=O)N(c2cc(C(F)(F)F)ccc2Cl)C(=O)/C1=C/c1c(OCc2ccccc2Cl)ccc2ccccc12. The molecule has 1 fully saturated rings. The molecular formula is C29H17Cl2F3N2O4. The van der Waals surface area contributed by atoms with Crippen molar-refractivity contribution in [3.05, 3.63) is 111 Å². The van der Waals surface area contributed by atoms with E-state index in [1.165, 1.54) is 6.08 Å². The minimum atomic E-state index is -4.76. The Hall–Kier alpha value is -4.34. The van der Waals surface area contributed by atoms with E-state index < -0.39 is 40.8 Å². The largest absolute Gasteiger partial charge is 0.488 e. The Labute approximate surface area is 235 Å². The number of imide groups is 2. The van der Waals surface area contributed by atoms with Crippen LogP contribution < -0.4 is 15.0 Å². The van der Waals surface area contributed by atoms with Gasteiger partial charge in [0.15, 0.2) is 0 Å². The highest BCUT2D eigenvalue weighted by atomic mass is 35.5. The molecule has 0 aliphatic carbocycles. The van der Waals surface area contributed by atoms with Crippen molar-refractivity contribution in [2.45, 2.75) is 12.8 Å². The van der Waals surface area contributed by atoms with Crippen LogP contribution in [0.15, 0.2) is 84.4 Å². The maximum atomic E-state index is 13.5. The number of ether oxygens (including phenoxy) is 1. The molecule has 4 amide bonds. The molecule has 5 rings (SSSR count). The summed E-state index contributed by atoms with van der Waals surface area (Å²) in [5, 5.41) is 3.58. The van der Waals surface area contributed by atoms with E-state index in [1.807, 2.05) is 11.4 Å². The number of nitrogens with one attached hydrogen (secondary N) is 1. The van der Waals surface area contributed by atoms with Gasteiger partial charge in [-0.2, -0.15) is 13.2 Å². The van der Waals surface area contributed by atoms with Crippen molar-refractivity contribution in [3.8, 4) is 5.75 Å². The fourth-order valence-electron chi connectivity index (χ4n) is 4.20. The van der Waals surface area contributed by atoms with E-state index in [1.54, 1.807) is 54.6 Å². The molecule has 1 N–H and O–H groups in total. The number of carbonyl (C=O) groups is 3. The molecule has 4 aromatic rings. The number of amides is 4. The van der Waals surface area contributed by atoms with Crippen molar-refractivity contribution in [3.63, 3.8) is 0 Å².